The molecule has 2 saturated heterocycles. The minimum absolute atomic E-state index is 0.224. The Kier molecular flexibility index (Phi) is 5.04. The molecule has 8 nitrogen and oxygen atoms in total. The highest BCUT2D eigenvalue weighted by Crippen LogP contribution is 2.36. The van der Waals surface area contributed by atoms with Crippen LogP contribution in [-0.2, 0) is 10.2 Å². The van der Waals surface area contributed by atoms with Gasteiger partial charge in [0.25, 0.3) is 0 Å². The number of nitrogens with one attached hydrogen (secondary N) is 2. The van der Waals surface area contributed by atoms with Crippen LogP contribution in [0, 0.1) is 0 Å². The first-order chi connectivity index (χ1) is 14.7. The lowest BCUT2D eigenvalue weighted by Crippen LogP contribution is -2.57. The third-order valence-electron chi connectivity index (χ3n) is 6.36. The van der Waals surface area contributed by atoms with E-state index in [0.29, 0.717) is 18.1 Å². The molecule has 0 aliphatic carbocycles. The van der Waals surface area contributed by atoms with E-state index in [-0.39, 0.29) is 5.91 Å². The highest BCUT2D eigenvalue weighted by molar-refractivity contribution is 6.30. The van der Waals surface area contributed by atoms with Gasteiger partial charge in [-0.15, -0.1) is 0 Å². The second-order valence-corrected chi connectivity index (χ2v) is 8.38. The van der Waals surface area contributed by atoms with E-state index in [9.17, 15) is 4.79 Å². The molecule has 2 fully saturated rings. The molecule has 0 unspecified atom stereocenters. The number of benzene rings is 1. The Morgan fingerprint density at radius 2 is 1.77 bits per heavy atom. The van der Waals surface area contributed by atoms with E-state index in [1.165, 1.54) is 0 Å². The zero-order valence-electron chi connectivity index (χ0n) is 16.6. The van der Waals surface area contributed by atoms with Crippen LogP contribution in [0.15, 0.2) is 36.8 Å². The zero-order chi connectivity index (χ0) is 20.6. The van der Waals surface area contributed by atoms with Gasteiger partial charge < -0.3 is 15.1 Å². The fourth-order valence-corrected chi connectivity index (χ4v) is 4.80. The summed E-state index contributed by atoms with van der Waals surface area (Å²) in [7, 11) is 0. The average Bonchev–Trinajstić information content (AvgIpc) is 3.29. The lowest BCUT2D eigenvalue weighted by atomic mass is 9.72. The number of carbonyl (C=O) groups is 1. The van der Waals surface area contributed by atoms with Crippen LogP contribution >= 0.6 is 11.6 Å². The van der Waals surface area contributed by atoms with Gasteiger partial charge in [-0.2, -0.15) is 5.10 Å². The van der Waals surface area contributed by atoms with Gasteiger partial charge in [0.1, 0.15) is 12.1 Å². The van der Waals surface area contributed by atoms with Gasteiger partial charge in [0.15, 0.2) is 5.65 Å². The number of fused-ring (bicyclic) bond motifs is 1. The highest BCUT2D eigenvalue weighted by atomic mass is 35.5. The number of rotatable bonds is 3. The van der Waals surface area contributed by atoms with Gasteiger partial charge in [-0.05, 0) is 43.6 Å². The lowest BCUT2D eigenvalue weighted by Gasteiger charge is -2.43. The van der Waals surface area contributed by atoms with Crippen molar-refractivity contribution in [1.82, 2.24) is 30.4 Å². The van der Waals surface area contributed by atoms with Crippen LogP contribution in [0.5, 0.6) is 0 Å². The van der Waals surface area contributed by atoms with Crippen LogP contribution in [-0.4, -0.2) is 70.2 Å². The molecule has 30 heavy (non-hydrogen) atoms. The molecular formula is C21H24ClN7O. The number of hydrogen-bond acceptors (Lipinski definition) is 6. The normalized spacial score (nSPS) is 19.2. The SMILES string of the molecule is O=C(N1CCN(c2ncnc3[nH]ncc23)CC1)C1(c2ccc(Cl)cc2)CCNCC1. The number of amides is 1. The standard InChI is InChI=1S/C21H24ClN7O/c22-16-3-1-15(2-4-16)21(5-7-23-8-6-21)20(30)29-11-9-28(10-12-29)19-17-13-26-27-18(17)24-14-25-19/h1-4,13-14,23H,5-12H2,(H,24,25,26,27). The van der Waals surface area contributed by atoms with Crippen LogP contribution in [0.25, 0.3) is 11.0 Å². The molecule has 3 aromatic rings. The molecule has 0 atom stereocenters. The summed E-state index contributed by atoms with van der Waals surface area (Å²) in [6, 6.07) is 7.80. The molecular weight excluding hydrogens is 402 g/mol. The van der Waals surface area contributed by atoms with E-state index in [1.54, 1.807) is 12.5 Å². The van der Waals surface area contributed by atoms with Crippen molar-refractivity contribution in [1.29, 1.82) is 0 Å². The summed E-state index contributed by atoms with van der Waals surface area (Å²) in [6.07, 6.45) is 4.91. The zero-order valence-corrected chi connectivity index (χ0v) is 17.4. The number of piperazine rings is 1. The van der Waals surface area contributed by atoms with Gasteiger partial charge in [-0.25, -0.2) is 9.97 Å². The summed E-state index contributed by atoms with van der Waals surface area (Å²) in [5, 5.41) is 12.0. The Labute approximate surface area is 179 Å². The predicted molar refractivity (Wildman–Crippen MR) is 116 cm³/mol. The maximum Gasteiger partial charge on any atom is 0.233 e. The topological polar surface area (TPSA) is 90.0 Å². The number of piperidine rings is 1. The van der Waals surface area contributed by atoms with Crippen molar-refractivity contribution in [2.45, 2.75) is 18.3 Å². The highest BCUT2D eigenvalue weighted by Gasteiger charge is 2.44. The minimum Gasteiger partial charge on any atom is -0.352 e. The number of H-pyrrole nitrogens is 1. The van der Waals surface area contributed by atoms with Crippen LogP contribution in [0.3, 0.4) is 0 Å². The maximum absolute atomic E-state index is 13.8. The Morgan fingerprint density at radius 1 is 1.03 bits per heavy atom. The third-order valence-corrected chi connectivity index (χ3v) is 6.61. The van der Waals surface area contributed by atoms with Crippen molar-refractivity contribution in [2.75, 3.05) is 44.2 Å². The van der Waals surface area contributed by atoms with Gasteiger partial charge in [-0.1, -0.05) is 23.7 Å². The van der Waals surface area contributed by atoms with Crippen LogP contribution in [0.4, 0.5) is 5.82 Å². The molecule has 1 amide bonds. The number of halogens is 1. The fraction of sp³-hybridized carbons (Fsp3) is 0.429. The predicted octanol–water partition coefficient (Wildman–Crippen LogP) is 1.98. The van der Waals surface area contributed by atoms with E-state index in [2.05, 4.69) is 30.4 Å². The Balaban J connectivity index is 1.36. The number of carbonyl (C=O) groups excluding carboxylic acids is 1. The van der Waals surface area contributed by atoms with Crippen molar-refractivity contribution >= 4 is 34.4 Å². The lowest BCUT2D eigenvalue weighted by molar-refractivity contribution is -0.139. The quantitative estimate of drug-likeness (QED) is 0.666. The molecule has 0 bridgehead atoms. The van der Waals surface area contributed by atoms with Gasteiger partial charge in [0, 0.05) is 31.2 Å². The van der Waals surface area contributed by atoms with Gasteiger partial charge in [-0.3, -0.25) is 9.89 Å². The first-order valence-corrected chi connectivity index (χ1v) is 10.7. The van der Waals surface area contributed by atoms with E-state index in [0.717, 1.165) is 61.4 Å². The van der Waals surface area contributed by atoms with E-state index in [4.69, 9.17) is 11.6 Å². The Bertz CT molecular complexity index is 1040. The summed E-state index contributed by atoms with van der Waals surface area (Å²) in [5.74, 6) is 1.09. The second kappa shape index (κ2) is 7.85. The van der Waals surface area contributed by atoms with Crippen molar-refractivity contribution < 1.29 is 4.79 Å². The van der Waals surface area contributed by atoms with Gasteiger partial charge in [0.2, 0.25) is 5.91 Å². The minimum atomic E-state index is -0.481. The molecule has 156 valence electrons. The van der Waals surface area contributed by atoms with Crippen molar-refractivity contribution in [3.05, 3.63) is 47.4 Å². The number of aromatic nitrogens is 4. The Morgan fingerprint density at radius 3 is 2.50 bits per heavy atom. The van der Waals surface area contributed by atoms with Crippen molar-refractivity contribution in [3.63, 3.8) is 0 Å². The number of hydrogen-bond donors (Lipinski definition) is 2. The summed E-state index contributed by atoms with van der Waals surface area (Å²) >= 11 is 6.10. The molecule has 5 rings (SSSR count). The molecule has 4 heterocycles. The number of anilines is 1. The summed E-state index contributed by atoms with van der Waals surface area (Å²) in [4.78, 5) is 26.7. The first kappa shape index (κ1) is 19.3. The van der Waals surface area contributed by atoms with E-state index < -0.39 is 5.41 Å². The summed E-state index contributed by atoms with van der Waals surface area (Å²) < 4.78 is 0. The fourth-order valence-electron chi connectivity index (χ4n) is 4.68. The largest absolute Gasteiger partial charge is 0.352 e. The average molecular weight is 426 g/mol. The van der Waals surface area contributed by atoms with Gasteiger partial charge >= 0.3 is 0 Å². The molecule has 1 aromatic carbocycles. The molecule has 0 saturated carbocycles. The molecule has 2 N–H and O–H groups in total. The van der Waals surface area contributed by atoms with Gasteiger partial charge in [0.05, 0.1) is 17.0 Å². The van der Waals surface area contributed by atoms with Crippen LogP contribution in [0.2, 0.25) is 5.02 Å². The van der Waals surface area contributed by atoms with Crippen molar-refractivity contribution in [3.8, 4) is 0 Å². The van der Waals surface area contributed by atoms with E-state index in [1.807, 2.05) is 29.2 Å². The number of aromatic amines is 1. The molecule has 0 radical (unpaired) electrons. The van der Waals surface area contributed by atoms with Crippen LogP contribution in [0.1, 0.15) is 18.4 Å². The Hall–Kier alpha value is -2.71. The molecule has 2 aliphatic heterocycles. The monoisotopic (exact) mass is 425 g/mol. The number of nitrogens with zero attached hydrogens (tertiary/aromatic N) is 5. The molecule has 2 aromatic heterocycles. The molecule has 9 heteroatoms. The van der Waals surface area contributed by atoms with Crippen LogP contribution < -0.4 is 10.2 Å². The van der Waals surface area contributed by atoms with E-state index >= 15 is 0 Å². The summed E-state index contributed by atoms with van der Waals surface area (Å²) in [6.45, 7) is 4.49. The maximum atomic E-state index is 13.8. The van der Waals surface area contributed by atoms with Crippen molar-refractivity contribution in [2.24, 2.45) is 0 Å². The molecule has 0 spiro atoms. The third kappa shape index (κ3) is 3.30. The second-order valence-electron chi connectivity index (χ2n) is 7.95. The smallest absolute Gasteiger partial charge is 0.233 e. The molecule has 2 aliphatic rings. The first-order valence-electron chi connectivity index (χ1n) is 10.3. The summed E-state index contributed by atoms with van der Waals surface area (Å²) in [5.41, 5.74) is 1.32.